The first kappa shape index (κ1) is 33.5. The van der Waals surface area contributed by atoms with Crippen LogP contribution in [0.2, 0.25) is 10.0 Å². The average Bonchev–Trinajstić information content (AvgIpc) is 3.09. The number of rotatable bonds is 11. The van der Waals surface area contributed by atoms with Crippen molar-refractivity contribution in [2.45, 2.75) is 23.5 Å². The molecule has 0 heterocycles. The molecule has 3 N–H and O–H groups in total. The van der Waals surface area contributed by atoms with Crippen LogP contribution < -0.4 is 16.0 Å². The second-order valence-corrected chi connectivity index (χ2v) is 12.6. The van der Waals surface area contributed by atoms with Crippen LogP contribution in [-0.2, 0) is 9.59 Å². The summed E-state index contributed by atoms with van der Waals surface area (Å²) in [6.45, 7) is 1.93. The van der Waals surface area contributed by atoms with Gasteiger partial charge in [-0.15, -0.1) is 11.8 Å². The zero-order valence-electron chi connectivity index (χ0n) is 25.4. The highest BCUT2D eigenvalue weighted by Gasteiger charge is 2.20. The summed E-state index contributed by atoms with van der Waals surface area (Å²) in [4.78, 5) is 40.6. The van der Waals surface area contributed by atoms with Crippen LogP contribution in [0.1, 0.15) is 29.3 Å². The summed E-state index contributed by atoms with van der Waals surface area (Å²) in [6, 6.07) is 38.6. The van der Waals surface area contributed by atoms with Crippen LogP contribution in [0.25, 0.3) is 17.2 Å². The summed E-state index contributed by atoms with van der Waals surface area (Å²) in [6.07, 6.45) is 2.21. The lowest BCUT2D eigenvalue weighted by atomic mass is 10.0. The molecule has 5 aromatic carbocycles. The van der Waals surface area contributed by atoms with Crippen molar-refractivity contribution < 1.29 is 14.4 Å². The highest BCUT2D eigenvalue weighted by atomic mass is 35.5. The van der Waals surface area contributed by atoms with E-state index >= 15 is 0 Å². The van der Waals surface area contributed by atoms with Crippen molar-refractivity contribution in [2.24, 2.45) is 0 Å². The van der Waals surface area contributed by atoms with Crippen molar-refractivity contribution in [1.82, 2.24) is 5.32 Å². The smallest absolute Gasteiger partial charge is 0.272 e. The van der Waals surface area contributed by atoms with E-state index < -0.39 is 17.1 Å². The van der Waals surface area contributed by atoms with Gasteiger partial charge < -0.3 is 16.0 Å². The van der Waals surface area contributed by atoms with Crippen LogP contribution in [0.4, 0.5) is 11.4 Å². The van der Waals surface area contributed by atoms with Gasteiger partial charge in [-0.2, -0.15) is 0 Å². The number of nitrogens with one attached hydrogen (secondary N) is 3. The fraction of sp³-hybridized carbons (Fsp3) is 0.0789. The van der Waals surface area contributed by atoms with Gasteiger partial charge in [0.15, 0.2) is 0 Å². The number of anilines is 2. The first-order valence-corrected chi connectivity index (χ1v) is 16.5. The van der Waals surface area contributed by atoms with E-state index in [9.17, 15) is 14.4 Å². The fourth-order valence-electron chi connectivity index (χ4n) is 4.64. The van der Waals surface area contributed by atoms with Gasteiger partial charge >= 0.3 is 0 Å². The van der Waals surface area contributed by atoms with E-state index in [-0.39, 0.29) is 11.6 Å². The van der Waals surface area contributed by atoms with E-state index in [1.165, 1.54) is 11.8 Å². The maximum Gasteiger partial charge on any atom is 0.272 e. The third kappa shape index (κ3) is 9.36. The molecule has 0 bridgehead atoms. The Labute approximate surface area is 288 Å². The number of benzene rings is 5. The summed E-state index contributed by atoms with van der Waals surface area (Å²) in [7, 11) is 0. The van der Waals surface area contributed by atoms with Crippen LogP contribution in [0, 0.1) is 0 Å². The standard InChI is InChI=1S/C38H31Cl2N3O3S/c1-2-35(38(46)42-30-20-21-32(39)33(40)24-30)47-31-15-9-14-29(23-31)41-37(45)34(43-36(44)28-12-7-4-8-13-28)22-25-16-18-27(19-17-25)26-10-5-3-6-11-26/h3-24,35H,2H2,1H3,(H,41,45)(H,42,46)(H,43,44)/b34-22+. The van der Waals surface area contributed by atoms with Gasteiger partial charge in [0, 0.05) is 21.8 Å². The predicted molar refractivity (Wildman–Crippen MR) is 194 cm³/mol. The third-order valence-corrected chi connectivity index (χ3v) is 9.18. The van der Waals surface area contributed by atoms with E-state index in [2.05, 4.69) is 16.0 Å². The van der Waals surface area contributed by atoms with Crippen LogP contribution in [0.5, 0.6) is 0 Å². The van der Waals surface area contributed by atoms with Gasteiger partial charge in [-0.1, -0.05) is 109 Å². The Kier molecular flexibility index (Phi) is 11.5. The number of carbonyl (C=O) groups excluding carboxylic acids is 3. The number of thioether (sulfide) groups is 1. The molecule has 1 atom stereocenters. The van der Waals surface area contributed by atoms with Gasteiger partial charge in [-0.3, -0.25) is 14.4 Å². The van der Waals surface area contributed by atoms with Gasteiger partial charge in [0.2, 0.25) is 5.91 Å². The highest BCUT2D eigenvalue weighted by Crippen LogP contribution is 2.30. The monoisotopic (exact) mass is 679 g/mol. The van der Waals surface area contributed by atoms with E-state index in [1.807, 2.05) is 73.7 Å². The van der Waals surface area contributed by atoms with E-state index in [4.69, 9.17) is 23.2 Å². The SMILES string of the molecule is CCC(Sc1cccc(NC(=O)/C(=C\c2ccc(-c3ccccc3)cc2)NC(=O)c2ccccc2)c1)C(=O)Nc1ccc(Cl)c(Cl)c1. The summed E-state index contributed by atoms with van der Waals surface area (Å²) in [5, 5.41) is 8.93. The minimum absolute atomic E-state index is 0.0804. The lowest BCUT2D eigenvalue weighted by Gasteiger charge is -2.16. The summed E-state index contributed by atoms with van der Waals surface area (Å²) in [5.74, 6) is -1.08. The van der Waals surface area contributed by atoms with Gasteiger partial charge in [-0.25, -0.2) is 0 Å². The zero-order valence-corrected chi connectivity index (χ0v) is 27.7. The topological polar surface area (TPSA) is 87.3 Å². The molecule has 0 radical (unpaired) electrons. The molecule has 0 fully saturated rings. The number of hydrogen-bond donors (Lipinski definition) is 3. The molecule has 0 spiro atoms. The molecule has 5 rings (SSSR count). The molecule has 0 aliphatic rings. The minimum Gasteiger partial charge on any atom is -0.325 e. The lowest BCUT2D eigenvalue weighted by Crippen LogP contribution is -2.30. The Balaban J connectivity index is 1.33. The van der Waals surface area contributed by atoms with Gasteiger partial charge in [0.25, 0.3) is 11.8 Å². The second kappa shape index (κ2) is 16.1. The number of carbonyl (C=O) groups is 3. The van der Waals surface area contributed by atoms with Crippen LogP contribution in [0.3, 0.4) is 0 Å². The fourth-order valence-corrected chi connectivity index (χ4v) is 5.95. The normalized spacial score (nSPS) is 11.8. The first-order chi connectivity index (χ1) is 22.8. The van der Waals surface area contributed by atoms with Crippen molar-refractivity contribution in [3.8, 4) is 11.1 Å². The molecular formula is C38H31Cl2N3O3S. The molecule has 0 aliphatic heterocycles. The largest absolute Gasteiger partial charge is 0.325 e. The molecule has 0 aliphatic carbocycles. The Hall–Kier alpha value is -4.82. The molecule has 6 nitrogen and oxygen atoms in total. The van der Waals surface area contributed by atoms with Crippen molar-refractivity contribution in [3.63, 3.8) is 0 Å². The molecule has 1 unspecified atom stereocenters. The molecule has 5 aromatic rings. The third-order valence-electron chi connectivity index (χ3n) is 7.08. The van der Waals surface area contributed by atoms with Gasteiger partial charge in [-0.05, 0) is 77.7 Å². The lowest BCUT2D eigenvalue weighted by molar-refractivity contribution is -0.116. The zero-order chi connectivity index (χ0) is 33.2. The number of halogens is 2. The Morgan fingerprint density at radius 1 is 0.702 bits per heavy atom. The van der Waals surface area contributed by atoms with Crippen molar-refractivity contribution >= 4 is 70.1 Å². The molecule has 0 saturated carbocycles. The number of hydrogen-bond acceptors (Lipinski definition) is 4. The van der Waals surface area contributed by atoms with Crippen molar-refractivity contribution in [3.05, 3.63) is 154 Å². The Morgan fingerprint density at radius 2 is 1.36 bits per heavy atom. The Bertz CT molecular complexity index is 1900. The predicted octanol–water partition coefficient (Wildman–Crippen LogP) is 9.58. The summed E-state index contributed by atoms with van der Waals surface area (Å²) < 4.78 is 0. The number of amides is 3. The molecular weight excluding hydrogens is 649 g/mol. The van der Waals surface area contributed by atoms with Gasteiger partial charge in [0.1, 0.15) is 5.70 Å². The van der Waals surface area contributed by atoms with Gasteiger partial charge in [0.05, 0.1) is 15.3 Å². The first-order valence-electron chi connectivity index (χ1n) is 14.9. The van der Waals surface area contributed by atoms with E-state index in [0.29, 0.717) is 33.4 Å². The minimum atomic E-state index is -0.493. The molecule has 9 heteroatoms. The maximum atomic E-state index is 13.6. The average molecular weight is 681 g/mol. The van der Waals surface area contributed by atoms with Crippen molar-refractivity contribution in [1.29, 1.82) is 0 Å². The maximum absolute atomic E-state index is 13.6. The molecule has 236 valence electrons. The van der Waals surface area contributed by atoms with E-state index in [0.717, 1.165) is 21.6 Å². The molecule has 0 saturated heterocycles. The summed E-state index contributed by atoms with van der Waals surface area (Å²) >= 11 is 13.5. The molecule has 0 aromatic heterocycles. The van der Waals surface area contributed by atoms with Crippen LogP contribution in [-0.4, -0.2) is 23.0 Å². The van der Waals surface area contributed by atoms with Crippen LogP contribution >= 0.6 is 35.0 Å². The molecule has 47 heavy (non-hydrogen) atoms. The van der Waals surface area contributed by atoms with Crippen LogP contribution in [0.15, 0.2) is 138 Å². The quantitative estimate of drug-likeness (QED) is 0.0958. The van der Waals surface area contributed by atoms with E-state index in [1.54, 1.807) is 66.7 Å². The summed E-state index contributed by atoms with van der Waals surface area (Å²) in [5.41, 5.74) is 4.42. The second-order valence-electron chi connectivity index (χ2n) is 10.5. The van der Waals surface area contributed by atoms with Crippen molar-refractivity contribution in [2.75, 3.05) is 10.6 Å². The Morgan fingerprint density at radius 3 is 2.04 bits per heavy atom. The highest BCUT2D eigenvalue weighted by molar-refractivity contribution is 8.00. The molecule has 3 amide bonds.